The van der Waals surface area contributed by atoms with Crippen LogP contribution in [0.2, 0.25) is 0 Å². The number of nitrogens with one attached hydrogen (secondary N) is 1. The molecule has 2 rings (SSSR count). The Morgan fingerprint density at radius 3 is 2.38 bits per heavy atom. The molecule has 0 aliphatic carbocycles. The lowest BCUT2D eigenvalue weighted by atomic mass is 10.1. The molecule has 1 amide bonds. The molecule has 0 aliphatic rings. The molecular formula is C17H15F4NO2. The summed E-state index contributed by atoms with van der Waals surface area (Å²) >= 11 is 0. The van der Waals surface area contributed by atoms with E-state index in [1.54, 1.807) is 6.92 Å². The van der Waals surface area contributed by atoms with Gasteiger partial charge in [0.05, 0.1) is 11.3 Å². The minimum absolute atomic E-state index is 0.136. The summed E-state index contributed by atoms with van der Waals surface area (Å²) in [5.74, 6) is -1.57. The van der Waals surface area contributed by atoms with E-state index in [-0.39, 0.29) is 17.9 Å². The van der Waals surface area contributed by atoms with Crippen molar-refractivity contribution < 1.29 is 27.1 Å². The molecule has 3 nitrogen and oxygen atoms in total. The molecule has 0 fully saturated rings. The lowest BCUT2D eigenvalue weighted by Gasteiger charge is -2.19. The molecule has 2 aromatic carbocycles. The summed E-state index contributed by atoms with van der Waals surface area (Å²) in [5, 5.41) is 2.20. The molecule has 24 heavy (non-hydrogen) atoms. The van der Waals surface area contributed by atoms with Crippen LogP contribution in [-0.4, -0.2) is 12.0 Å². The second-order valence-electron chi connectivity index (χ2n) is 4.98. The first-order valence-corrected chi connectivity index (χ1v) is 7.21. The van der Waals surface area contributed by atoms with E-state index in [1.807, 2.05) is 0 Å². The fraction of sp³-hybridized carbons (Fsp3) is 0.235. The highest BCUT2D eigenvalue weighted by Crippen LogP contribution is 2.34. The third-order valence-corrected chi connectivity index (χ3v) is 3.26. The normalized spacial score (nSPS) is 12.5. The number of halogens is 4. The molecule has 0 saturated heterocycles. The Labute approximate surface area is 136 Å². The number of carbonyl (C=O) groups is 1. The third kappa shape index (κ3) is 4.24. The summed E-state index contributed by atoms with van der Waals surface area (Å²) < 4.78 is 57.7. The smallest absolute Gasteiger partial charge is 0.418 e. The van der Waals surface area contributed by atoms with Crippen molar-refractivity contribution >= 4 is 11.6 Å². The van der Waals surface area contributed by atoms with Crippen molar-refractivity contribution in [2.75, 3.05) is 5.32 Å². The summed E-state index contributed by atoms with van der Waals surface area (Å²) in [7, 11) is 0. The van der Waals surface area contributed by atoms with Crippen molar-refractivity contribution in [1.82, 2.24) is 0 Å². The second kappa shape index (κ2) is 7.33. The number of hydrogen-bond donors (Lipinski definition) is 1. The number of alkyl halides is 3. The van der Waals surface area contributed by atoms with E-state index in [0.717, 1.165) is 12.1 Å². The van der Waals surface area contributed by atoms with Crippen molar-refractivity contribution in [3.8, 4) is 5.75 Å². The van der Waals surface area contributed by atoms with E-state index in [1.165, 1.54) is 36.4 Å². The third-order valence-electron chi connectivity index (χ3n) is 3.26. The summed E-state index contributed by atoms with van der Waals surface area (Å²) in [5.41, 5.74) is -1.33. The Bertz CT molecular complexity index is 716. The molecule has 0 radical (unpaired) electrons. The maximum Gasteiger partial charge on any atom is 0.418 e. The number of carbonyl (C=O) groups excluding carboxylic acids is 1. The zero-order valence-electron chi connectivity index (χ0n) is 12.7. The summed E-state index contributed by atoms with van der Waals surface area (Å²) in [4.78, 5) is 12.2. The van der Waals surface area contributed by atoms with Crippen LogP contribution in [0.5, 0.6) is 5.75 Å². The summed E-state index contributed by atoms with van der Waals surface area (Å²) in [6, 6.07) is 10.1. The van der Waals surface area contributed by atoms with Crippen molar-refractivity contribution in [2.45, 2.75) is 25.6 Å². The highest BCUT2D eigenvalue weighted by Gasteiger charge is 2.34. The Morgan fingerprint density at radius 2 is 1.75 bits per heavy atom. The first kappa shape index (κ1) is 17.8. The lowest BCUT2D eigenvalue weighted by molar-refractivity contribution is -0.137. The van der Waals surface area contributed by atoms with Crippen LogP contribution in [0.15, 0.2) is 48.5 Å². The lowest BCUT2D eigenvalue weighted by Crippen LogP contribution is -2.33. The van der Waals surface area contributed by atoms with Gasteiger partial charge in [0, 0.05) is 0 Å². The molecule has 0 spiro atoms. The molecule has 2 aromatic rings. The van der Waals surface area contributed by atoms with Gasteiger partial charge in [-0.3, -0.25) is 4.79 Å². The van der Waals surface area contributed by atoms with Crippen LogP contribution >= 0.6 is 0 Å². The van der Waals surface area contributed by atoms with Crippen molar-refractivity contribution in [3.63, 3.8) is 0 Å². The van der Waals surface area contributed by atoms with Gasteiger partial charge in [-0.25, -0.2) is 4.39 Å². The fourth-order valence-electron chi connectivity index (χ4n) is 2.07. The van der Waals surface area contributed by atoms with Crippen LogP contribution in [0.3, 0.4) is 0 Å². The van der Waals surface area contributed by atoms with Gasteiger partial charge in [0.15, 0.2) is 17.7 Å². The van der Waals surface area contributed by atoms with Crippen molar-refractivity contribution in [2.24, 2.45) is 0 Å². The minimum atomic E-state index is -4.60. The van der Waals surface area contributed by atoms with Gasteiger partial charge in [0.1, 0.15) is 0 Å². The second-order valence-corrected chi connectivity index (χ2v) is 4.98. The van der Waals surface area contributed by atoms with Gasteiger partial charge < -0.3 is 10.1 Å². The molecule has 1 atom stereocenters. The van der Waals surface area contributed by atoms with Crippen LogP contribution < -0.4 is 10.1 Å². The molecule has 1 N–H and O–H groups in total. The van der Waals surface area contributed by atoms with Crippen LogP contribution in [0.4, 0.5) is 23.2 Å². The standard InChI is InChI=1S/C17H15F4NO2/c1-2-14(24-15-10-6-4-8-12(15)18)16(23)22-13-9-5-3-7-11(13)17(19,20)21/h3-10,14H,2H2,1H3,(H,22,23)/t14-/m1/s1. The number of ether oxygens (including phenoxy) is 1. The Hall–Kier alpha value is -2.57. The zero-order valence-corrected chi connectivity index (χ0v) is 12.7. The Kier molecular flexibility index (Phi) is 5.43. The first-order valence-electron chi connectivity index (χ1n) is 7.21. The zero-order chi connectivity index (χ0) is 17.7. The van der Waals surface area contributed by atoms with E-state index < -0.39 is 29.6 Å². The van der Waals surface area contributed by atoms with Crippen molar-refractivity contribution in [1.29, 1.82) is 0 Å². The van der Waals surface area contributed by atoms with Gasteiger partial charge in [0.25, 0.3) is 5.91 Å². The van der Waals surface area contributed by atoms with E-state index in [0.29, 0.717) is 0 Å². The Balaban J connectivity index is 2.18. The van der Waals surface area contributed by atoms with Crippen LogP contribution in [0.25, 0.3) is 0 Å². The summed E-state index contributed by atoms with van der Waals surface area (Å²) in [6.45, 7) is 1.61. The number of amides is 1. The molecule has 0 bridgehead atoms. The van der Waals surface area contributed by atoms with Gasteiger partial charge in [-0.05, 0) is 30.7 Å². The first-order chi connectivity index (χ1) is 11.3. The van der Waals surface area contributed by atoms with Crippen molar-refractivity contribution in [3.05, 3.63) is 59.9 Å². The number of hydrogen-bond acceptors (Lipinski definition) is 2. The average Bonchev–Trinajstić information content (AvgIpc) is 2.53. The molecule has 0 aromatic heterocycles. The number of rotatable bonds is 5. The minimum Gasteiger partial charge on any atom is -0.478 e. The molecular weight excluding hydrogens is 326 g/mol. The van der Waals surface area contributed by atoms with Gasteiger partial charge in [-0.2, -0.15) is 13.2 Å². The highest BCUT2D eigenvalue weighted by molar-refractivity contribution is 5.95. The van der Waals surface area contributed by atoms with Gasteiger partial charge in [0.2, 0.25) is 0 Å². The molecule has 0 aliphatic heterocycles. The number of anilines is 1. The molecule has 0 saturated carbocycles. The molecule has 0 heterocycles. The maximum atomic E-state index is 13.6. The number of benzene rings is 2. The predicted octanol–water partition coefficient (Wildman–Crippen LogP) is 4.64. The monoisotopic (exact) mass is 341 g/mol. The Morgan fingerprint density at radius 1 is 1.12 bits per heavy atom. The van der Waals surface area contributed by atoms with E-state index >= 15 is 0 Å². The highest BCUT2D eigenvalue weighted by atomic mass is 19.4. The van der Waals surface area contributed by atoms with Crippen LogP contribution in [0.1, 0.15) is 18.9 Å². The maximum absolute atomic E-state index is 13.6. The average molecular weight is 341 g/mol. The van der Waals surface area contributed by atoms with E-state index in [9.17, 15) is 22.4 Å². The molecule has 0 unspecified atom stereocenters. The van der Waals surface area contributed by atoms with Crippen LogP contribution in [-0.2, 0) is 11.0 Å². The predicted molar refractivity (Wildman–Crippen MR) is 81.2 cm³/mol. The molecule has 7 heteroatoms. The SMILES string of the molecule is CC[C@@H](Oc1ccccc1F)C(=O)Nc1ccccc1C(F)(F)F. The summed E-state index contributed by atoms with van der Waals surface area (Å²) in [6.07, 6.45) is -5.56. The van der Waals surface area contributed by atoms with Gasteiger partial charge in [-0.1, -0.05) is 31.2 Å². The van der Waals surface area contributed by atoms with E-state index in [2.05, 4.69) is 5.32 Å². The number of para-hydroxylation sites is 2. The topological polar surface area (TPSA) is 38.3 Å². The van der Waals surface area contributed by atoms with Gasteiger partial charge in [-0.15, -0.1) is 0 Å². The largest absolute Gasteiger partial charge is 0.478 e. The van der Waals surface area contributed by atoms with Gasteiger partial charge >= 0.3 is 6.18 Å². The van der Waals surface area contributed by atoms with Crippen LogP contribution in [0, 0.1) is 5.82 Å². The fourth-order valence-corrected chi connectivity index (χ4v) is 2.07. The molecule has 128 valence electrons. The van der Waals surface area contributed by atoms with E-state index in [4.69, 9.17) is 4.74 Å². The quantitative estimate of drug-likeness (QED) is 0.805.